The molecule has 0 aliphatic rings. The summed E-state index contributed by atoms with van der Waals surface area (Å²) >= 11 is 12.1. The van der Waals surface area contributed by atoms with Gasteiger partial charge >= 0.3 is 5.97 Å². The monoisotopic (exact) mass is 305 g/mol. The maximum atomic E-state index is 11.2. The maximum absolute atomic E-state index is 11.2. The van der Waals surface area contributed by atoms with E-state index in [0.717, 1.165) is 5.30 Å². The van der Waals surface area contributed by atoms with Gasteiger partial charge in [0.25, 0.3) is 0 Å². The van der Waals surface area contributed by atoms with Crippen molar-refractivity contribution in [3.8, 4) is 0 Å². The minimum absolute atomic E-state index is 0.0281. The number of carboxylic acid groups (broad SMARTS) is 1. The Hall–Kier alpha value is -0.410. The molecule has 0 saturated heterocycles. The molecule has 0 spiro atoms. The Balaban J connectivity index is 3.21. The van der Waals surface area contributed by atoms with E-state index >= 15 is 0 Å². The molecule has 0 heterocycles. The van der Waals surface area contributed by atoms with Gasteiger partial charge in [0, 0.05) is 11.3 Å². The van der Waals surface area contributed by atoms with Crippen molar-refractivity contribution in [1.29, 1.82) is 0 Å². The van der Waals surface area contributed by atoms with Crippen molar-refractivity contribution in [2.75, 3.05) is 0 Å². The molecule has 0 saturated carbocycles. The van der Waals surface area contributed by atoms with Crippen molar-refractivity contribution in [3.05, 3.63) is 30.3 Å². The lowest BCUT2D eigenvalue weighted by atomic mass is 10.3. The molecule has 1 rings (SSSR count). The van der Waals surface area contributed by atoms with Gasteiger partial charge < -0.3 is 5.11 Å². The predicted molar refractivity (Wildman–Crippen MR) is 80.3 cm³/mol. The number of hydrogen-bond donors (Lipinski definition) is 1. The van der Waals surface area contributed by atoms with Gasteiger partial charge in [0.1, 0.15) is 11.6 Å². The van der Waals surface area contributed by atoms with Gasteiger partial charge in [0.2, 0.25) is 0 Å². The lowest BCUT2D eigenvalue weighted by Gasteiger charge is -2.36. The Morgan fingerprint density at radius 3 is 2.22 bits per heavy atom. The summed E-state index contributed by atoms with van der Waals surface area (Å²) in [6.45, 7) is 5.44. The fourth-order valence-corrected chi connectivity index (χ4v) is 6.38. The molecule has 1 aromatic carbocycles. The van der Waals surface area contributed by atoms with Gasteiger partial charge in [-0.15, -0.1) is 0 Å². The van der Waals surface area contributed by atoms with Crippen LogP contribution in [0.1, 0.15) is 20.8 Å². The normalized spacial score (nSPS) is 16.6. The molecule has 2 atom stereocenters. The van der Waals surface area contributed by atoms with Gasteiger partial charge in [-0.05, 0) is 20.8 Å². The number of nitrogens with zero attached hydrogens (tertiary/aromatic N) is 1. The van der Waals surface area contributed by atoms with E-state index in [1.807, 2.05) is 44.2 Å². The average Bonchev–Trinajstić information content (AvgIpc) is 2.29. The lowest BCUT2D eigenvalue weighted by molar-refractivity contribution is -0.141. The van der Waals surface area contributed by atoms with Crippen molar-refractivity contribution in [1.82, 2.24) is 4.67 Å². The molecular weight excluding hydrogens is 289 g/mol. The molecule has 1 unspecified atom stereocenters. The van der Waals surface area contributed by atoms with Crippen LogP contribution in [-0.2, 0) is 16.6 Å². The molecule has 0 aliphatic carbocycles. The van der Waals surface area contributed by atoms with Gasteiger partial charge in [0.05, 0.1) is 0 Å². The van der Waals surface area contributed by atoms with E-state index in [2.05, 4.69) is 0 Å². The Morgan fingerprint density at radius 1 is 1.33 bits per heavy atom. The number of halogens is 1. The highest BCUT2D eigenvalue weighted by Crippen LogP contribution is 2.56. The van der Waals surface area contributed by atoms with Crippen LogP contribution in [0, 0.1) is 0 Å². The lowest BCUT2D eigenvalue weighted by Crippen LogP contribution is -2.41. The van der Waals surface area contributed by atoms with Crippen molar-refractivity contribution in [2.45, 2.75) is 32.9 Å². The summed E-state index contributed by atoms with van der Waals surface area (Å²) in [5.74, 6) is -0.908. The number of benzene rings is 1. The molecule has 0 amide bonds. The van der Waals surface area contributed by atoms with Crippen LogP contribution in [0.5, 0.6) is 0 Å². The molecule has 1 N–H and O–H groups in total. The van der Waals surface area contributed by atoms with Crippen molar-refractivity contribution >= 4 is 39.9 Å². The van der Waals surface area contributed by atoms with Crippen LogP contribution in [0.15, 0.2) is 30.3 Å². The number of hydrogen-bond acceptors (Lipinski definition) is 2. The van der Waals surface area contributed by atoms with Gasteiger partial charge in [-0.2, -0.15) is 0 Å². The van der Waals surface area contributed by atoms with Crippen LogP contribution in [0.25, 0.3) is 0 Å². The highest BCUT2D eigenvalue weighted by molar-refractivity contribution is 8.29. The van der Waals surface area contributed by atoms with Gasteiger partial charge in [0.15, 0.2) is 0 Å². The summed E-state index contributed by atoms with van der Waals surface area (Å²) in [7, 11) is 0. The highest BCUT2D eigenvalue weighted by Gasteiger charge is 2.35. The molecule has 100 valence electrons. The van der Waals surface area contributed by atoms with E-state index in [0.29, 0.717) is 0 Å². The fourth-order valence-electron chi connectivity index (χ4n) is 1.83. The zero-order valence-electron chi connectivity index (χ0n) is 10.6. The quantitative estimate of drug-likeness (QED) is 0.849. The summed E-state index contributed by atoms with van der Waals surface area (Å²) < 4.78 is 1.72. The Kier molecular flexibility index (Phi) is 5.35. The third-order valence-corrected chi connectivity index (χ3v) is 7.30. The second kappa shape index (κ2) is 6.16. The van der Waals surface area contributed by atoms with Crippen LogP contribution < -0.4 is 5.30 Å². The maximum Gasteiger partial charge on any atom is 0.320 e. The molecule has 0 fully saturated rings. The first kappa shape index (κ1) is 15.6. The largest absolute Gasteiger partial charge is 0.480 e. The van der Waals surface area contributed by atoms with Crippen LogP contribution in [-0.4, -0.2) is 27.8 Å². The highest BCUT2D eigenvalue weighted by atomic mass is 35.7. The van der Waals surface area contributed by atoms with Crippen LogP contribution in [0.2, 0.25) is 0 Å². The van der Waals surface area contributed by atoms with E-state index in [4.69, 9.17) is 23.0 Å². The SMILES string of the molecule is CC(C)N([C@@H](C)C(=O)O)P(=S)(Cl)c1ccccc1. The summed E-state index contributed by atoms with van der Waals surface area (Å²) in [6, 6.07) is 8.60. The molecule has 0 aliphatic heterocycles. The third-order valence-electron chi connectivity index (χ3n) is 2.65. The van der Waals surface area contributed by atoms with Gasteiger partial charge in [-0.25, -0.2) is 4.67 Å². The molecule has 1 aromatic rings. The number of carbonyl (C=O) groups is 1. The molecule has 6 heteroatoms. The minimum Gasteiger partial charge on any atom is -0.480 e. The first-order valence-corrected chi connectivity index (χ1v) is 9.31. The molecule has 18 heavy (non-hydrogen) atoms. The second-order valence-corrected chi connectivity index (χ2v) is 9.96. The van der Waals surface area contributed by atoms with Crippen molar-refractivity contribution in [2.24, 2.45) is 0 Å². The first-order valence-electron chi connectivity index (χ1n) is 5.65. The van der Waals surface area contributed by atoms with E-state index in [1.54, 1.807) is 11.6 Å². The number of aliphatic carboxylic acids is 1. The third kappa shape index (κ3) is 3.33. The Labute approximate surface area is 118 Å². The number of carboxylic acids is 1. The predicted octanol–water partition coefficient (Wildman–Crippen LogP) is 3.04. The molecule has 3 nitrogen and oxygen atoms in total. The van der Waals surface area contributed by atoms with E-state index in [1.165, 1.54) is 0 Å². The second-order valence-electron chi connectivity index (χ2n) is 4.33. The summed E-state index contributed by atoms with van der Waals surface area (Å²) in [6.07, 6.45) is 0. The zero-order valence-corrected chi connectivity index (χ0v) is 13.0. The topological polar surface area (TPSA) is 40.5 Å². The molecule has 0 bridgehead atoms. The van der Waals surface area contributed by atoms with Gasteiger partial charge in [-0.3, -0.25) is 4.79 Å². The van der Waals surface area contributed by atoms with E-state index in [-0.39, 0.29) is 6.04 Å². The summed E-state index contributed by atoms with van der Waals surface area (Å²) in [5, 5.41) is 10.0. The Bertz CT molecular complexity index is 466. The molecular formula is C12H17ClNO2PS. The van der Waals surface area contributed by atoms with Gasteiger partial charge in [-0.1, -0.05) is 53.4 Å². The Morgan fingerprint density at radius 2 is 1.83 bits per heavy atom. The average molecular weight is 306 g/mol. The smallest absolute Gasteiger partial charge is 0.320 e. The van der Waals surface area contributed by atoms with Crippen LogP contribution in [0.4, 0.5) is 0 Å². The van der Waals surface area contributed by atoms with Crippen LogP contribution in [0.3, 0.4) is 0 Å². The summed E-state index contributed by atoms with van der Waals surface area (Å²) in [5.41, 5.74) is -2.56. The van der Waals surface area contributed by atoms with Crippen molar-refractivity contribution in [3.63, 3.8) is 0 Å². The van der Waals surface area contributed by atoms with E-state index in [9.17, 15) is 9.90 Å². The number of rotatable bonds is 5. The molecule has 0 aromatic heterocycles. The fraction of sp³-hybridized carbons (Fsp3) is 0.417. The first-order chi connectivity index (χ1) is 8.28. The zero-order chi connectivity index (χ0) is 13.9. The molecule has 0 radical (unpaired) electrons. The van der Waals surface area contributed by atoms with Crippen LogP contribution >= 0.6 is 16.8 Å². The van der Waals surface area contributed by atoms with E-state index < -0.39 is 17.6 Å². The minimum atomic E-state index is -2.56. The standard InChI is InChI=1S/C12H17ClNO2PS/c1-9(2)14(10(3)12(15)16)17(13,18)11-7-5-4-6-8-11/h4-10H,1-3H3,(H,15,16)/t10-,17?/m0/s1. The summed E-state index contributed by atoms with van der Waals surface area (Å²) in [4.78, 5) is 11.2. The van der Waals surface area contributed by atoms with Crippen molar-refractivity contribution < 1.29 is 9.90 Å².